The molecule has 3 heteroatoms. The smallest absolute Gasteiger partial charge is 0.182 e. The van der Waals surface area contributed by atoms with E-state index in [0.29, 0.717) is 0 Å². The lowest BCUT2D eigenvalue weighted by Gasteiger charge is -2.52. The molecule has 64 heavy (non-hydrogen) atoms. The van der Waals surface area contributed by atoms with E-state index in [2.05, 4.69) is 266 Å². The Hall–Kier alpha value is -7.98. The maximum Gasteiger partial charge on any atom is 0.182 e. The van der Waals surface area contributed by atoms with Crippen molar-refractivity contribution in [1.29, 1.82) is 0 Å². The van der Waals surface area contributed by atoms with Crippen LogP contribution in [0.3, 0.4) is 0 Å². The minimum atomic E-state index is -3.21. The zero-order chi connectivity index (χ0) is 42.5. The summed E-state index contributed by atoms with van der Waals surface area (Å²) in [5, 5.41) is 5.41. The van der Waals surface area contributed by atoms with Gasteiger partial charge in [-0.2, -0.15) is 0 Å². The second-order valence-corrected chi connectivity index (χ2v) is 20.4. The van der Waals surface area contributed by atoms with Crippen LogP contribution >= 0.6 is 0 Å². The van der Waals surface area contributed by atoms with Crippen LogP contribution in [-0.4, -0.2) is 8.07 Å². The number of benzene rings is 10. The second kappa shape index (κ2) is 15.4. The number of anilines is 3. The summed E-state index contributed by atoms with van der Waals surface area (Å²) in [5.41, 5.74) is 12.3. The Kier molecular flexibility index (Phi) is 9.10. The van der Waals surface area contributed by atoms with Gasteiger partial charge in [0.1, 0.15) is 11.5 Å². The van der Waals surface area contributed by atoms with Crippen LogP contribution in [0, 0.1) is 0 Å². The first-order chi connectivity index (χ1) is 31.8. The molecule has 2 aliphatic heterocycles. The Balaban J connectivity index is 1.24. The van der Waals surface area contributed by atoms with Crippen LogP contribution in [0.5, 0.6) is 11.5 Å². The van der Waals surface area contributed by atoms with Crippen molar-refractivity contribution < 1.29 is 4.74 Å². The molecule has 0 unspecified atom stereocenters. The van der Waals surface area contributed by atoms with E-state index in [0.717, 1.165) is 39.7 Å². The van der Waals surface area contributed by atoms with E-state index < -0.39 is 13.5 Å². The van der Waals surface area contributed by atoms with Gasteiger partial charge in [0.2, 0.25) is 0 Å². The maximum atomic E-state index is 6.87. The molecule has 10 aromatic carbocycles. The summed E-state index contributed by atoms with van der Waals surface area (Å²) < 4.78 is 6.87. The highest BCUT2D eigenvalue weighted by Gasteiger charge is 2.58. The van der Waals surface area contributed by atoms with Gasteiger partial charge in [-0.1, -0.05) is 218 Å². The van der Waals surface area contributed by atoms with Gasteiger partial charge < -0.3 is 9.64 Å². The summed E-state index contributed by atoms with van der Waals surface area (Å²) in [7, 11) is -3.21. The average molecular weight is 834 g/mol. The number of hydrogen-bond acceptors (Lipinski definition) is 2. The third kappa shape index (κ3) is 5.71. The van der Waals surface area contributed by atoms with E-state index in [9.17, 15) is 0 Å². The number of rotatable bonds is 7. The van der Waals surface area contributed by atoms with Crippen molar-refractivity contribution in [2.45, 2.75) is 5.41 Å². The molecule has 0 saturated carbocycles. The van der Waals surface area contributed by atoms with Crippen molar-refractivity contribution in [3.63, 3.8) is 0 Å². The highest BCUT2D eigenvalue weighted by atomic mass is 28.3. The van der Waals surface area contributed by atoms with Gasteiger partial charge in [0.15, 0.2) is 8.07 Å². The van der Waals surface area contributed by atoms with Crippen molar-refractivity contribution in [2.24, 2.45) is 0 Å². The fourth-order valence-electron chi connectivity index (χ4n) is 10.9. The highest BCUT2D eigenvalue weighted by Crippen LogP contribution is 2.57. The molecule has 0 aromatic heterocycles. The van der Waals surface area contributed by atoms with Crippen LogP contribution in [0.1, 0.15) is 22.3 Å². The molecule has 0 radical (unpaired) electrons. The molecular formula is C61H43NOSi. The minimum absolute atomic E-state index is 0.701. The van der Waals surface area contributed by atoms with Gasteiger partial charge in [0.25, 0.3) is 0 Å². The lowest BCUT2D eigenvalue weighted by molar-refractivity contribution is 0.435. The number of nitrogens with zero attached hydrogens (tertiary/aromatic N) is 1. The fourth-order valence-corrected chi connectivity index (χ4v) is 16.3. The zero-order valence-electron chi connectivity index (χ0n) is 35.2. The molecule has 1 spiro atoms. The largest absolute Gasteiger partial charge is 0.457 e. The number of ether oxygens (including phenoxy) is 1. The SMILES string of the molecule is c1ccc(-c2ccc(N(c3ccc(-c4ccccc4)cc3)c3cccc4c3[Si](c3ccccc3)(c3ccccc3)c3ccccc3C43c4ccccc4Oc4ccccc43)cc2)cc1. The number of fused-ring (bicyclic) bond motifs is 8. The van der Waals surface area contributed by atoms with Crippen LogP contribution in [0.4, 0.5) is 17.1 Å². The van der Waals surface area contributed by atoms with Crippen LogP contribution in [0.2, 0.25) is 0 Å². The van der Waals surface area contributed by atoms with E-state index in [-0.39, 0.29) is 0 Å². The molecule has 302 valence electrons. The van der Waals surface area contributed by atoms with Gasteiger partial charge in [-0.05, 0) is 96.6 Å². The van der Waals surface area contributed by atoms with Crippen LogP contribution in [0.25, 0.3) is 22.3 Å². The third-order valence-electron chi connectivity index (χ3n) is 13.5. The molecule has 0 saturated heterocycles. The predicted octanol–water partition coefficient (Wildman–Crippen LogP) is 12.7. The summed E-state index contributed by atoms with van der Waals surface area (Å²) in [6.45, 7) is 0. The predicted molar refractivity (Wildman–Crippen MR) is 268 cm³/mol. The first kappa shape index (κ1) is 37.8. The zero-order valence-corrected chi connectivity index (χ0v) is 36.2. The lowest BCUT2D eigenvalue weighted by atomic mass is 9.63. The Morgan fingerprint density at radius 3 is 1.20 bits per heavy atom. The van der Waals surface area contributed by atoms with Crippen molar-refractivity contribution >= 4 is 45.9 Å². The van der Waals surface area contributed by atoms with E-state index in [1.54, 1.807) is 0 Å². The van der Waals surface area contributed by atoms with Crippen LogP contribution < -0.4 is 30.4 Å². The van der Waals surface area contributed by atoms with E-state index >= 15 is 0 Å². The lowest BCUT2D eigenvalue weighted by Crippen LogP contribution is -2.79. The highest BCUT2D eigenvalue weighted by molar-refractivity contribution is 7.21. The Morgan fingerprint density at radius 1 is 0.312 bits per heavy atom. The maximum absolute atomic E-state index is 6.87. The van der Waals surface area contributed by atoms with Crippen molar-refractivity contribution in [2.75, 3.05) is 4.90 Å². The molecule has 0 atom stereocenters. The van der Waals surface area contributed by atoms with E-state index in [1.165, 1.54) is 54.1 Å². The molecule has 0 N–H and O–H groups in total. The minimum Gasteiger partial charge on any atom is -0.457 e. The van der Waals surface area contributed by atoms with Crippen molar-refractivity contribution in [3.05, 3.63) is 283 Å². The molecule has 12 rings (SSSR count). The van der Waals surface area contributed by atoms with Crippen molar-refractivity contribution in [3.8, 4) is 33.8 Å². The quantitative estimate of drug-likeness (QED) is 0.148. The summed E-state index contributed by atoms with van der Waals surface area (Å²) >= 11 is 0. The Bertz CT molecular complexity index is 3110. The molecule has 0 amide bonds. The molecular weight excluding hydrogens is 791 g/mol. The summed E-state index contributed by atoms with van der Waals surface area (Å²) in [5.74, 6) is 1.76. The second-order valence-electron chi connectivity index (χ2n) is 16.7. The summed E-state index contributed by atoms with van der Waals surface area (Å²) in [4.78, 5) is 2.52. The van der Waals surface area contributed by atoms with Crippen LogP contribution in [-0.2, 0) is 5.41 Å². The van der Waals surface area contributed by atoms with Gasteiger partial charge in [-0.3, -0.25) is 0 Å². The monoisotopic (exact) mass is 833 g/mol. The van der Waals surface area contributed by atoms with Gasteiger partial charge in [-0.15, -0.1) is 0 Å². The summed E-state index contributed by atoms with van der Waals surface area (Å²) in [6.07, 6.45) is 0. The Labute approximate surface area is 376 Å². The van der Waals surface area contributed by atoms with E-state index in [4.69, 9.17) is 4.74 Å². The molecule has 2 aliphatic rings. The molecule has 0 aliphatic carbocycles. The Morgan fingerprint density at radius 2 is 0.703 bits per heavy atom. The van der Waals surface area contributed by atoms with Gasteiger partial charge in [0, 0.05) is 28.2 Å². The first-order valence-electron chi connectivity index (χ1n) is 22.1. The average Bonchev–Trinajstić information content (AvgIpc) is 3.38. The van der Waals surface area contributed by atoms with E-state index in [1.807, 2.05) is 0 Å². The first-order valence-corrected chi connectivity index (χ1v) is 24.1. The van der Waals surface area contributed by atoms with Crippen LogP contribution in [0.15, 0.2) is 261 Å². The molecule has 0 bridgehead atoms. The normalized spacial score (nSPS) is 13.7. The van der Waals surface area contributed by atoms with Gasteiger partial charge in [-0.25, -0.2) is 0 Å². The van der Waals surface area contributed by atoms with Gasteiger partial charge >= 0.3 is 0 Å². The fraction of sp³-hybridized carbons (Fsp3) is 0.0164. The number of para-hydroxylation sites is 2. The molecule has 10 aromatic rings. The third-order valence-corrected chi connectivity index (χ3v) is 18.4. The van der Waals surface area contributed by atoms with Crippen molar-refractivity contribution in [1.82, 2.24) is 0 Å². The molecule has 0 fully saturated rings. The number of hydrogen-bond donors (Lipinski definition) is 0. The standard InChI is InChI=1S/C61H43NOSi/c1-5-20-44(21-6-1)46-36-40-48(41-37-46)62(49-42-38-47(39-43-49)45-22-7-2-8-23-45)56-32-19-31-55-60(56)64(50-24-9-3-10-25-50,51-26-11-4-12-27-51)59-35-18-15-30-54(59)61(55)52-28-13-16-33-57(52)63-58-34-17-14-29-53(58)61/h1-43H. The topological polar surface area (TPSA) is 12.5 Å². The van der Waals surface area contributed by atoms with Gasteiger partial charge in [0.05, 0.1) is 5.41 Å². The molecule has 2 nitrogen and oxygen atoms in total. The summed E-state index contributed by atoms with van der Waals surface area (Å²) in [6, 6.07) is 96.2. The molecule has 2 heterocycles.